The van der Waals surface area contributed by atoms with E-state index in [1.54, 1.807) is 0 Å². The Morgan fingerprint density at radius 3 is 3.00 bits per heavy atom. The maximum atomic E-state index is 8.64. The van der Waals surface area contributed by atoms with Crippen LogP contribution in [0.5, 0.6) is 0 Å². The van der Waals surface area contributed by atoms with E-state index in [0.717, 1.165) is 17.7 Å². The van der Waals surface area contributed by atoms with Gasteiger partial charge in [-0.05, 0) is 23.6 Å². The van der Waals surface area contributed by atoms with Crippen LogP contribution in [0.1, 0.15) is 11.1 Å². The van der Waals surface area contributed by atoms with Gasteiger partial charge in [0, 0.05) is 10.6 Å². The molecule has 4 heteroatoms. The highest BCUT2D eigenvalue weighted by Crippen LogP contribution is 2.31. The van der Waals surface area contributed by atoms with E-state index in [9.17, 15) is 0 Å². The largest absolute Gasteiger partial charge is 0.289 e. The van der Waals surface area contributed by atoms with Crippen molar-refractivity contribution < 1.29 is 10.4 Å². The Hall–Kier alpha value is -0.550. The zero-order valence-corrected chi connectivity index (χ0v) is 7.92. The predicted molar refractivity (Wildman–Crippen MR) is 50.0 cm³/mol. The van der Waals surface area contributed by atoms with Gasteiger partial charge in [0.25, 0.3) is 0 Å². The summed E-state index contributed by atoms with van der Waals surface area (Å²) in [5.41, 5.74) is 2.26. The fourth-order valence-corrected chi connectivity index (χ4v) is 2.55. The van der Waals surface area contributed by atoms with Crippen LogP contribution in [0.2, 0.25) is 0 Å². The second-order valence-corrected chi connectivity index (χ2v) is 4.21. The van der Waals surface area contributed by atoms with Crippen molar-refractivity contribution in [2.75, 3.05) is 5.75 Å². The summed E-state index contributed by atoms with van der Waals surface area (Å²) in [7, 11) is 0. The average molecular weight is 197 g/mol. The predicted octanol–water partition coefficient (Wildman–Crippen LogP) is 1.92. The molecule has 2 rings (SSSR count). The van der Waals surface area contributed by atoms with E-state index < -0.39 is 0 Å². The molecule has 1 heterocycles. The molecule has 0 amide bonds. The van der Waals surface area contributed by atoms with Crippen LogP contribution in [-0.2, 0) is 13.0 Å². The molecule has 0 unspecified atom stereocenters. The standard InChI is InChI=1S/C9H11NO2S/c11-10(12)6-7-1-2-9-8(5-7)3-4-13-9/h1-2,5,11-12H,3-4,6H2. The van der Waals surface area contributed by atoms with Crippen molar-refractivity contribution in [3.8, 4) is 0 Å². The highest BCUT2D eigenvalue weighted by atomic mass is 32.2. The second kappa shape index (κ2) is 3.67. The highest BCUT2D eigenvalue weighted by Gasteiger charge is 2.11. The van der Waals surface area contributed by atoms with E-state index >= 15 is 0 Å². The molecular weight excluding hydrogens is 186 g/mol. The van der Waals surface area contributed by atoms with E-state index in [2.05, 4.69) is 0 Å². The third-order valence-corrected chi connectivity index (χ3v) is 3.20. The smallest absolute Gasteiger partial charge is 0.0763 e. The zero-order chi connectivity index (χ0) is 9.26. The van der Waals surface area contributed by atoms with Crippen LogP contribution in [0.25, 0.3) is 0 Å². The van der Waals surface area contributed by atoms with Gasteiger partial charge >= 0.3 is 0 Å². The third kappa shape index (κ3) is 2.03. The van der Waals surface area contributed by atoms with Gasteiger partial charge in [-0.1, -0.05) is 17.4 Å². The Morgan fingerprint density at radius 2 is 2.23 bits per heavy atom. The monoisotopic (exact) mass is 197 g/mol. The maximum absolute atomic E-state index is 8.64. The molecule has 0 aliphatic carbocycles. The number of benzene rings is 1. The van der Waals surface area contributed by atoms with Crippen LogP contribution in [0.3, 0.4) is 0 Å². The van der Waals surface area contributed by atoms with Crippen LogP contribution < -0.4 is 0 Å². The van der Waals surface area contributed by atoms with Gasteiger partial charge in [-0.15, -0.1) is 11.8 Å². The SMILES string of the molecule is ON(O)Cc1ccc2c(c1)CCS2. The van der Waals surface area contributed by atoms with E-state index in [-0.39, 0.29) is 11.8 Å². The first kappa shape index (κ1) is 9.02. The van der Waals surface area contributed by atoms with Crippen molar-refractivity contribution in [3.05, 3.63) is 29.3 Å². The van der Waals surface area contributed by atoms with Crippen molar-refractivity contribution in [3.63, 3.8) is 0 Å². The average Bonchev–Trinajstić information content (AvgIpc) is 2.49. The Bertz CT molecular complexity index is 314. The Labute approximate surface area is 80.9 Å². The van der Waals surface area contributed by atoms with Gasteiger partial charge in [0.15, 0.2) is 0 Å². The van der Waals surface area contributed by atoms with Crippen molar-refractivity contribution in [2.45, 2.75) is 17.9 Å². The molecular formula is C9H11NO2S. The summed E-state index contributed by atoms with van der Waals surface area (Å²) in [6, 6.07) is 6.01. The Morgan fingerprint density at radius 1 is 1.38 bits per heavy atom. The molecule has 13 heavy (non-hydrogen) atoms. The van der Waals surface area contributed by atoms with Crippen LogP contribution in [0.15, 0.2) is 23.1 Å². The van der Waals surface area contributed by atoms with Crippen molar-refractivity contribution in [1.82, 2.24) is 5.23 Å². The van der Waals surface area contributed by atoms with E-state index in [1.165, 1.54) is 10.5 Å². The molecule has 0 spiro atoms. The molecule has 0 saturated heterocycles. The molecule has 1 aromatic rings. The van der Waals surface area contributed by atoms with Gasteiger partial charge in [-0.3, -0.25) is 10.4 Å². The zero-order valence-electron chi connectivity index (χ0n) is 7.10. The lowest BCUT2D eigenvalue weighted by molar-refractivity contribution is -0.314. The quantitative estimate of drug-likeness (QED) is 0.711. The number of thioether (sulfide) groups is 1. The summed E-state index contributed by atoms with van der Waals surface area (Å²) in [5, 5.41) is 17.5. The topological polar surface area (TPSA) is 43.7 Å². The number of hydrogen-bond acceptors (Lipinski definition) is 4. The fourth-order valence-electron chi connectivity index (χ4n) is 1.50. The van der Waals surface area contributed by atoms with Gasteiger partial charge in [0.1, 0.15) is 0 Å². The summed E-state index contributed by atoms with van der Waals surface area (Å²) in [5.74, 6) is 1.14. The second-order valence-electron chi connectivity index (χ2n) is 3.07. The van der Waals surface area contributed by atoms with Crippen LogP contribution in [-0.4, -0.2) is 21.4 Å². The van der Waals surface area contributed by atoms with Gasteiger partial charge in [0.05, 0.1) is 6.54 Å². The van der Waals surface area contributed by atoms with E-state index in [4.69, 9.17) is 10.4 Å². The molecule has 2 N–H and O–H groups in total. The summed E-state index contributed by atoms with van der Waals surface area (Å²) in [4.78, 5) is 1.33. The van der Waals surface area contributed by atoms with Crippen LogP contribution in [0, 0.1) is 0 Å². The van der Waals surface area contributed by atoms with Crippen molar-refractivity contribution in [2.24, 2.45) is 0 Å². The maximum Gasteiger partial charge on any atom is 0.0763 e. The van der Waals surface area contributed by atoms with E-state index in [0.29, 0.717) is 0 Å². The first-order valence-corrected chi connectivity index (χ1v) is 5.14. The van der Waals surface area contributed by atoms with Gasteiger partial charge in [-0.2, -0.15) is 0 Å². The number of rotatable bonds is 2. The number of hydroxylamine groups is 2. The minimum Gasteiger partial charge on any atom is -0.289 e. The molecule has 0 saturated carbocycles. The Kier molecular flexibility index (Phi) is 2.55. The molecule has 0 fully saturated rings. The number of nitrogens with zero attached hydrogens (tertiary/aromatic N) is 1. The lowest BCUT2D eigenvalue weighted by Gasteiger charge is -2.07. The van der Waals surface area contributed by atoms with Gasteiger partial charge < -0.3 is 0 Å². The molecule has 1 aliphatic rings. The lowest BCUT2D eigenvalue weighted by atomic mass is 10.1. The van der Waals surface area contributed by atoms with Crippen LogP contribution in [0.4, 0.5) is 0 Å². The van der Waals surface area contributed by atoms with Crippen molar-refractivity contribution >= 4 is 11.8 Å². The first-order chi connectivity index (χ1) is 6.25. The molecule has 1 aromatic carbocycles. The summed E-state index contributed by atoms with van der Waals surface area (Å²) in [6.07, 6.45) is 1.09. The molecule has 0 aromatic heterocycles. The lowest BCUT2D eigenvalue weighted by Crippen LogP contribution is -2.12. The fraction of sp³-hybridized carbons (Fsp3) is 0.333. The van der Waals surface area contributed by atoms with Crippen molar-refractivity contribution in [1.29, 1.82) is 0 Å². The molecule has 0 atom stereocenters. The molecule has 70 valence electrons. The summed E-state index contributed by atoms with van der Waals surface area (Å²) < 4.78 is 0. The molecule has 0 bridgehead atoms. The van der Waals surface area contributed by atoms with Gasteiger partial charge in [0.2, 0.25) is 0 Å². The molecule has 0 radical (unpaired) electrons. The minimum atomic E-state index is 0.165. The molecule has 1 aliphatic heterocycles. The summed E-state index contributed by atoms with van der Waals surface area (Å²) >= 11 is 1.86. The normalized spacial score (nSPS) is 15.0. The Balaban J connectivity index is 2.21. The third-order valence-electron chi connectivity index (χ3n) is 2.08. The van der Waals surface area contributed by atoms with E-state index in [1.807, 2.05) is 30.0 Å². The minimum absolute atomic E-state index is 0.165. The summed E-state index contributed by atoms with van der Waals surface area (Å²) in [6.45, 7) is 0.165. The number of aryl methyl sites for hydroxylation is 1. The van der Waals surface area contributed by atoms with Gasteiger partial charge in [-0.25, -0.2) is 0 Å². The number of hydrogen-bond donors (Lipinski definition) is 2. The first-order valence-electron chi connectivity index (χ1n) is 4.15. The number of fused-ring (bicyclic) bond motifs is 1. The molecule has 3 nitrogen and oxygen atoms in total. The highest BCUT2D eigenvalue weighted by molar-refractivity contribution is 7.99. The van der Waals surface area contributed by atoms with Crippen LogP contribution >= 0.6 is 11.8 Å².